The lowest BCUT2D eigenvalue weighted by Gasteiger charge is -2.37. The van der Waals surface area contributed by atoms with E-state index in [1.807, 2.05) is 0 Å². The highest BCUT2D eigenvalue weighted by molar-refractivity contribution is 5.18. The van der Waals surface area contributed by atoms with Crippen LogP contribution in [0.25, 0.3) is 0 Å². The SMILES string of the molecule is C[C@@H]1C[C@@]2(CCCN(C)C)C[C@H]2N1C(C)(C)C. The van der Waals surface area contributed by atoms with Crippen molar-refractivity contribution in [2.45, 2.75) is 71.0 Å². The molecular weight excluding hydrogens is 208 g/mol. The Morgan fingerprint density at radius 2 is 1.88 bits per heavy atom. The van der Waals surface area contributed by atoms with E-state index in [0.29, 0.717) is 11.0 Å². The Morgan fingerprint density at radius 1 is 1.24 bits per heavy atom. The maximum absolute atomic E-state index is 2.78. The van der Waals surface area contributed by atoms with Gasteiger partial charge in [-0.25, -0.2) is 0 Å². The average molecular weight is 238 g/mol. The standard InChI is InChI=1S/C15H30N2/c1-12-10-15(8-7-9-16(5)6)11-13(15)17(12)14(2,3)4/h12-13H,7-11H2,1-6H3/t12-,13-,15+/m1/s1. The fourth-order valence-corrected chi connectivity index (χ4v) is 4.18. The molecule has 0 unspecified atom stereocenters. The van der Waals surface area contributed by atoms with Gasteiger partial charge in [0.15, 0.2) is 0 Å². The lowest BCUT2D eigenvalue weighted by Crippen LogP contribution is -2.45. The average Bonchev–Trinajstić information content (AvgIpc) is 2.68. The van der Waals surface area contributed by atoms with E-state index in [1.54, 1.807) is 0 Å². The fourth-order valence-electron chi connectivity index (χ4n) is 4.18. The molecule has 1 aliphatic carbocycles. The zero-order valence-electron chi connectivity index (χ0n) is 12.6. The Labute approximate surface area is 107 Å². The third-order valence-electron chi connectivity index (χ3n) is 4.71. The van der Waals surface area contributed by atoms with Gasteiger partial charge < -0.3 is 4.90 Å². The molecule has 0 aromatic carbocycles. The van der Waals surface area contributed by atoms with E-state index in [2.05, 4.69) is 51.6 Å². The van der Waals surface area contributed by atoms with Crippen molar-refractivity contribution >= 4 is 0 Å². The van der Waals surface area contributed by atoms with Crippen molar-refractivity contribution < 1.29 is 0 Å². The Hall–Kier alpha value is -0.0800. The van der Waals surface area contributed by atoms with Crippen LogP contribution in [0.1, 0.15) is 53.4 Å². The molecule has 2 heteroatoms. The van der Waals surface area contributed by atoms with Crippen LogP contribution >= 0.6 is 0 Å². The Balaban J connectivity index is 1.91. The molecule has 1 saturated carbocycles. The third-order valence-corrected chi connectivity index (χ3v) is 4.71. The molecule has 1 aliphatic heterocycles. The predicted molar refractivity (Wildman–Crippen MR) is 74.3 cm³/mol. The molecule has 2 nitrogen and oxygen atoms in total. The molecule has 17 heavy (non-hydrogen) atoms. The molecular formula is C15H30N2. The van der Waals surface area contributed by atoms with Crippen LogP contribution < -0.4 is 0 Å². The summed E-state index contributed by atoms with van der Waals surface area (Å²) in [7, 11) is 4.36. The van der Waals surface area contributed by atoms with Crippen LogP contribution in [0.4, 0.5) is 0 Å². The van der Waals surface area contributed by atoms with Crippen LogP contribution in [-0.2, 0) is 0 Å². The summed E-state index contributed by atoms with van der Waals surface area (Å²) < 4.78 is 0. The molecule has 0 aromatic heterocycles. The summed E-state index contributed by atoms with van der Waals surface area (Å²) in [5.41, 5.74) is 1.05. The normalized spacial score (nSPS) is 37.6. The van der Waals surface area contributed by atoms with Crippen molar-refractivity contribution in [3.8, 4) is 0 Å². The van der Waals surface area contributed by atoms with Crippen LogP contribution in [0.5, 0.6) is 0 Å². The van der Waals surface area contributed by atoms with Crippen LogP contribution in [0.15, 0.2) is 0 Å². The van der Waals surface area contributed by atoms with Crippen LogP contribution in [0.2, 0.25) is 0 Å². The molecule has 0 amide bonds. The Morgan fingerprint density at radius 3 is 2.35 bits per heavy atom. The van der Waals surface area contributed by atoms with E-state index in [-0.39, 0.29) is 0 Å². The second kappa shape index (κ2) is 4.24. The molecule has 0 spiro atoms. The van der Waals surface area contributed by atoms with Crippen LogP contribution in [-0.4, -0.2) is 48.1 Å². The molecule has 0 bridgehead atoms. The van der Waals surface area contributed by atoms with Crippen molar-refractivity contribution in [2.24, 2.45) is 5.41 Å². The minimum Gasteiger partial charge on any atom is -0.309 e. The molecule has 1 heterocycles. The first-order valence-corrected chi connectivity index (χ1v) is 7.19. The summed E-state index contributed by atoms with van der Waals surface area (Å²) >= 11 is 0. The van der Waals surface area contributed by atoms with Gasteiger partial charge in [0, 0.05) is 17.6 Å². The first kappa shape index (κ1) is 13.4. The Kier molecular flexibility index (Phi) is 3.33. The lowest BCUT2D eigenvalue weighted by atomic mass is 9.94. The quantitative estimate of drug-likeness (QED) is 0.743. The molecule has 0 aromatic rings. The monoisotopic (exact) mass is 238 g/mol. The molecule has 3 atom stereocenters. The van der Waals surface area contributed by atoms with E-state index in [9.17, 15) is 0 Å². The highest BCUT2D eigenvalue weighted by atomic mass is 15.3. The summed E-state index contributed by atoms with van der Waals surface area (Å²) in [6.07, 6.45) is 5.70. The lowest BCUT2D eigenvalue weighted by molar-refractivity contribution is 0.104. The Bertz CT molecular complexity index is 279. The summed E-state index contributed by atoms with van der Waals surface area (Å²) in [5, 5.41) is 0. The van der Waals surface area contributed by atoms with E-state index in [0.717, 1.165) is 12.1 Å². The maximum Gasteiger partial charge on any atom is 0.0167 e. The third kappa shape index (κ3) is 2.53. The van der Waals surface area contributed by atoms with Crippen LogP contribution in [0, 0.1) is 5.41 Å². The van der Waals surface area contributed by atoms with Gasteiger partial charge in [-0.1, -0.05) is 0 Å². The second-order valence-electron chi connectivity index (χ2n) is 7.62. The first-order valence-electron chi connectivity index (χ1n) is 7.19. The number of nitrogens with zero attached hydrogens (tertiary/aromatic N) is 2. The smallest absolute Gasteiger partial charge is 0.0167 e. The molecule has 100 valence electrons. The van der Waals surface area contributed by atoms with E-state index in [4.69, 9.17) is 0 Å². The van der Waals surface area contributed by atoms with Gasteiger partial charge in [0.1, 0.15) is 0 Å². The molecule has 2 aliphatic rings. The summed E-state index contributed by atoms with van der Waals surface area (Å²) in [4.78, 5) is 5.09. The molecule has 1 saturated heterocycles. The molecule has 2 rings (SSSR count). The van der Waals surface area contributed by atoms with Gasteiger partial charge in [0.25, 0.3) is 0 Å². The zero-order chi connectivity index (χ0) is 12.8. The minimum atomic E-state index is 0.351. The number of rotatable bonds is 4. The molecule has 0 radical (unpaired) electrons. The highest BCUT2D eigenvalue weighted by Crippen LogP contribution is 2.63. The van der Waals surface area contributed by atoms with E-state index >= 15 is 0 Å². The van der Waals surface area contributed by atoms with Crippen molar-refractivity contribution in [1.82, 2.24) is 9.80 Å². The van der Waals surface area contributed by atoms with Gasteiger partial charge >= 0.3 is 0 Å². The van der Waals surface area contributed by atoms with E-state index in [1.165, 1.54) is 32.2 Å². The predicted octanol–water partition coefficient (Wildman–Crippen LogP) is 2.98. The van der Waals surface area contributed by atoms with E-state index < -0.39 is 0 Å². The van der Waals surface area contributed by atoms with Gasteiger partial charge in [0.2, 0.25) is 0 Å². The first-order chi connectivity index (χ1) is 7.76. The molecule has 2 fully saturated rings. The topological polar surface area (TPSA) is 6.48 Å². The number of fused-ring (bicyclic) bond motifs is 1. The van der Waals surface area contributed by atoms with Crippen molar-refractivity contribution in [2.75, 3.05) is 20.6 Å². The summed E-state index contributed by atoms with van der Waals surface area (Å²) in [5.74, 6) is 0. The van der Waals surface area contributed by atoms with Gasteiger partial charge in [-0.3, -0.25) is 4.90 Å². The highest BCUT2D eigenvalue weighted by Gasteiger charge is 2.64. The largest absolute Gasteiger partial charge is 0.309 e. The number of likely N-dealkylation sites (tertiary alicyclic amines) is 1. The fraction of sp³-hybridized carbons (Fsp3) is 1.00. The number of hydrogen-bond donors (Lipinski definition) is 0. The van der Waals surface area contributed by atoms with Crippen molar-refractivity contribution in [3.05, 3.63) is 0 Å². The van der Waals surface area contributed by atoms with Gasteiger partial charge in [-0.15, -0.1) is 0 Å². The van der Waals surface area contributed by atoms with Gasteiger partial charge in [0.05, 0.1) is 0 Å². The van der Waals surface area contributed by atoms with Crippen molar-refractivity contribution in [1.29, 1.82) is 0 Å². The zero-order valence-corrected chi connectivity index (χ0v) is 12.6. The number of piperidine rings is 1. The summed E-state index contributed by atoms with van der Waals surface area (Å²) in [6, 6.07) is 1.67. The van der Waals surface area contributed by atoms with Crippen LogP contribution in [0.3, 0.4) is 0 Å². The maximum atomic E-state index is 2.78. The molecule has 0 N–H and O–H groups in total. The minimum absolute atomic E-state index is 0.351. The van der Waals surface area contributed by atoms with Crippen molar-refractivity contribution in [3.63, 3.8) is 0 Å². The second-order valence-corrected chi connectivity index (χ2v) is 7.62. The van der Waals surface area contributed by atoms with Gasteiger partial charge in [-0.2, -0.15) is 0 Å². The summed E-state index contributed by atoms with van der Waals surface area (Å²) in [6.45, 7) is 10.8. The number of hydrogen-bond acceptors (Lipinski definition) is 2. The van der Waals surface area contributed by atoms with Gasteiger partial charge in [-0.05, 0) is 79.4 Å².